The minimum absolute atomic E-state index is 0.0253. The highest BCUT2D eigenvalue weighted by Gasteiger charge is 2.46. The lowest BCUT2D eigenvalue weighted by Gasteiger charge is -2.07. The van der Waals surface area contributed by atoms with Crippen LogP contribution in [0.3, 0.4) is 0 Å². The molecule has 1 aliphatic rings. The van der Waals surface area contributed by atoms with Crippen molar-refractivity contribution in [3.8, 4) is 0 Å². The van der Waals surface area contributed by atoms with Crippen LogP contribution in [-0.4, -0.2) is 16.9 Å². The van der Waals surface area contributed by atoms with Gasteiger partial charge in [0.2, 0.25) is 0 Å². The Morgan fingerprint density at radius 2 is 2.17 bits per heavy atom. The lowest BCUT2D eigenvalue weighted by atomic mass is 10.1. The van der Waals surface area contributed by atoms with Crippen molar-refractivity contribution in [2.24, 2.45) is 5.41 Å². The van der Waals surface area contributed by atoms with Crippen LogP contribution in [0.5, 0.6) is 0 Å². The zero-order chi connectivity index (χ0) is 13.5. The van der Waals surface area contributed by atoms with E-state index in [1.165, 1.54) is 18.2 Å². The maximum Gasteiger partial charge on any atom is 0.287 e. The Labute approximate surface area is 109 Å². The van der Waals surface area contributed by atoms with E-state index in [0.717, 1.165) is 6.42 Å². The highest BCUT2D eigenvalue weighted by atomic mass is 35.5. The third-order valence-electron chi connectivity index (χ3n) is 3.23. The summed E-state index contributed by atoms with van der Waals surface area (Å²) < 4.78 is 0. The predicted octanol–water partition coefficient (Wildman–Crippen LogP) is 2.78. The van der Waals surface area contributed by atoms with Gasteiger partial charge in [-0.1, -0.05) is 25.4 Å². The Morgan fingerprint density at radius 3 is 2.61 bits per heavy atom. The van der Waals surface area contributed by atoms with Gasteiger partial charge in [-0.3, -0.25) is 14.9 Å². The number of halogens is 1. The molecule has 18 heavy (non-hydrogen) atoms. The molecule has 1 N–H and O–H groups in total. The molecule has 1 aromatic carbocycles. The standard InChI is InChI=1S/C12H13ClN2O3/c1-12(2)6-10(12)14-11(16)7-3-4-9(15(17)18)8(13)5-7/h3-5,10H,6H2,1-2H3,(H,14,16). The van der Waals surface area contributed by atoms with Gasteiger partial charge in [-0.25, -0.2) is 0 Å². The summed E-state index contributed by atoms with van der Waals surface area (Å²) in [7, 11) is 0. The van der Waals surface area contributed by atoms with Crippen LogP contribution in [0.4, 0.5) is 5.69 Å². The summed E-state index contributed by atoms with van der Waals surface area (Å²) in [6.07, 6.45) is 0.944. The van der Waals surface area contributed by atoms with Crippen LogP contribution in [0.1, 0.15) is 30.6 Å². The lowest BCUT2D eigenvalue weighted by Crippen LogP contribution is -2.28. The Bertz CT molecular complexity index is 528. The molecule has 5 nitrogen and oxygen atoms in total. The molecule has 1 unspecified atom stereocenters. The summed E-state index contributed by atoms with van der Waals surface area (Å²) >= 11 is 5.75. The summed E-state index contributed by atoms with van der Waals surface area (Å²) in [5.74, 6) is -0.248. The highest BCUT2D eigenvalue weighted by Crippen LogP contribution is 2.44. The Hall–Kier alpha value is -1.62. The van der Waals surface area contributed by atoms with E-state index in [9.17, 15) is 14.9 Å². The van der Waals surface area contributed by atoms with E-state index in [-0.39, 0.29) is 28.1 Å². The van der Waals surface area contributed by atoms with Crippen LogP contribution >= 0.6 is 11.6 Å². The van der Waals surface area contributed by atoms with Crippen LogP contribution in [0.25, 0.3) is 0 Å². The molecule has 1 aliphatic carbocycles. The molecule has 1 atom stereocenters. The van der Waals surface area contributed by atoms with Crippen molar-refractivity contribution in [1.29, 1.82) is 0 Å². The first-order valence-electron chi connectivity index (χ1n) is 5.56. The molecule has 1 aromatic rings. The maximum atomic E-state index is 11.9. The monoisotopic (exact) mass is 268 g/mol. The summed E-state index contributed by atoms with van der Waals surface area (Å²) in [4.78, 5) is 21.9. The second-order valence-electron chi connectivity index (χ2n) is 5.14. The molecule has 1 saturated carbocycles. The quantitative estimate of drug-likeness (QED) is 0.677. The molecule has 0 aromatic heterocycles. The molecule has 96 valence electrons. The Morgan fingerprint density at radius 1 is 1.56 bits per heavy atom. The minimum Gasteiger partial charge on any atom is -0.349 e. The molecule has 0 saturated heterocycles. The molecule has 1 fully saturated rings. The molecule has 0 bridgehead atoms. The minimum atomic E-state index is -0.575. The SMILES string of the molecule is CC1(C)CC1NC(=O)c1ccc([N+](=O)[O-])c(Cl)c1. The van der Waals surface area contributed by atoms with E-state index in [4.69, 9.17) is 11.6 Å². The van der Waals surface area contributed by atoms with Gasteiger partial charge in [0.15, 0.2) is 0 Å². The number of carbonyl (C=O) groups is 1. The fourth-order valence-corrected chi connectivity index (χ4v) is 2.00. The predicted molar refractivity (Wildman–Crippen MR) is 67.8 cm³/mol. The van der Waals surface area contributed by atoms with E-state index >= 15 is 0 Å². The second-order valence-corrected chi connectivity index (χ2v) is 5.55. The molecule has 1 amide bonds. The van der Waals surface area contributed by atoms with Crippen molar-refractivity contribution in [3.63, 3.8) is 0 Å². The molecular weight excluding hydrogens is 256 g/mol. The van der Waals surface area contributed by atoms with Crippen LogP contribution in [0.15, 0.2) is 18.2 Å². The Kier molecular flexibility index (Phi) is 3.02. The number of hydrogen-bond donors (Lipinski definition) is 1. The number of carbonyl (C=O) groups excluding carboxylic acids is 1. The van der Waals surface area contributed by atoms with Gasteiger partial charge in [0.1, 0.15) is 5.02 Å². The smallest absolute Gasteiger partial charge is 0.287 e. The van der Waals surface area contributed by atoms with Crippen molar-refractivity contribution in [2.75, 3.05) is 0 Å². The average molecular weight is 269 g/mol. The van der Waals surface area contributed by atoms with E-state index in [1.807, 2.05) is 0 Å². The summed E-state index contributed by atoms with van der Waals surface area (Å²) in [6, 6.07) is 4.15. The van der Waals surface area contributed by atoms with Crippen LogP contribution < -0.4 is 5.32 Å². The molecule has 0 heterocycles. The van der Waals surface area contributed by atoms with Crippen molar-refractivity contribution in [1.82, 2.24) is 5.32 Å². The fraction of sp³-hybridized carbons (Fsp3) is 0.417. The first-order chi connectivity index (χ1) is 8.31. The topological polar surface area (TPSA) is 72.2 Å². The van der Waals surface area contributed by atoms with Crippen molar-refractivity contribution in [3.05, 3.63) is 38.9 Å². The van der Waals surface area contributed by atoms with Gasteiger partial charge in [-0.05, 0) is 24.0 Å². The van der Waals surface area contributed by atoms with Crippen LogP contribution in [-0.2, 0) is 0 Å². The summed E-state index contributed by atoms with van der Waals surface area (Å²) in [6.45, 7) is 4.14. The van der Waals surface area contributed by atoms with Gasteiger partial charge in [-0.15, -0.1) is 0 Å². The summed E-state index contributed by atoms with van der Waals surface area (Å²) in [5, 5.41) is 13.4. The normalized spacial score (nSPS) is 20.3. The number of nitrogens with zero attached hydrogens (tertiary/aromatic N) is 1. The largest absolute Gasteiger partial charge is 0.349 e. The molecule has 0 radical (unpaired) electrons. The van der Waals surface area contributed by atoms with Gasteiger partial charge in [0.05, 0.1) is 4.92 Å². The van der Waals surface area contributed by atoms with Crippen molar-refractivity contribution in [2.45, 2.75) is 26.3 Å². The van der Waals surface area contributed by atoms with Crippen molar-refractivity contribution < 1.29 is 9.72 Å². The van der Waals surface area contributed by atoms with E-state index in [0.29, 0.717) is 5.56 Å². The van der Waals surface area contributed by atoms with E-state index in [1.54, 1.807) is 0 Å². The van der Waals surface area contributed by atoms with Gasteiger partial charge in [-0.2, -0.15) is 0 Å². The maximum absolute atomic E-state index is 11.9. The first kappa shape index (κ1) is 12.8. The summed E-state index contributed by atoms with van der Waals surface area (Å²) in [5.41, 5.74) is 0.286. The first-order valence-corrected chi connectivity index (χ1v) is 5.94. The van der Waals surface area contributed by atoms with Gasteiger partial charge >= 0.3 is 0 Å². The molecule has 6 heteroatoms. The fourth-order valence-electron chi connectivity index (χ4n) is 1.75. The number of nitrogens with one attached hydrogen (secondary N) is 1. The van der Waals surface area contributed by atoms with Gasteiger partial charge in [0, 0.05) is 17.7 Å². The number of benzene rings is 1. The zero-order valence-electron chi connectivity index (χ0n) is 10.1. The Balaban J connectivity index is 2.12. The number of amides is 1. The third-order valence-corrected chi connectivity index (χ3v) is 3.53. The third kappa shape index (κ3) is 2.46. The second kappa shape index (κ2) is 4.24. The molecule has 0 aliphatic heterocycles. The highest BCUT2D eigenvalue weighted by molar-refractivity contribution is 6.33. The van der Waals surface area contributed by atoms with Gasteiger partial charge in [0.25, 0.3) is 11.6 Å². The van der Waals surface area contributed by atoms with E-state index in [2.05, 4.69) is 19.2 Å². The number of nitro groups is 1. The number of nitro benzene ring substituents is 1. The number of hydrogen-bond acceptors (Lipinski definition) is 3. The van der Waals surface area contributed by atoms with Crippen molar-refractivity contribution >= 4 is 23.2 Å². The lowest BCUT2D eigenvalue weighted by molar-refractivity contribution is -0.384. The molecular formula is C12H13ClN2O3. The molecule has 0 spiro atoms. The van der Waals surface area contributed by atoms with Gasteiger partial charge < -0.3 is 5.32 Å². The number of rotatable bonds is 3. The van der Waals surface area contributed by atoms with Crippen LogP contribution in [0, 0.1) is 15.5 Å². The average Bonchev–Trinajstić information content (AvgIpc) is 2.85. The van der Waals surface area contributed by atoms with Crippen LogP contribution in [0.2, 0.25) is 5.02 Å². The van der Waals surface area contributed by atoms with E-state index < -0.39 is 4.92 Å². The molecule has 2 rings (SSSR count). The zero-order valence-corrected chi connectivity index (χ0v) is 10.8.